The van der Waals surface area contributed by atoms with E-state index in [0.29, 0.717) is 29.3 Å². The molecule has 2 N–H and O–H groups in total. The number of amides is 2. The average Bonchev–Trinajstić information content (AvgIpc) is 2.77. The van der Waals surface area contributed by atoms with E-state index in [0.717, 1.165) is 18.0 Å². The Hall–Kier alpha value is -3.34. The number of carbonyl (C=O) groups excluding carboxylic acids is 2. The molecular formula is C21H20ClF3N4O4. The molecule has 2 aromatic rings. The summed E-state index contributed by atoms with van der Waals surface area (Å²) in [6.07, 6.45) is -2.18. The molecule has 2 heterocycles. The van der Waals surface area contributed by atoms with Crippen molar-refractivity contribution in [2.24, 2.45) is 0 Å². The van der Waals surface area contributed by atoms with E-state index in [1.807, 2.05) is 6.07 Å². The van der Waals surface area contributed by atoms with E-state index >= 15 is 0 Å². The van der Waals surface area contributed by atoms with Gasteiger partial charge in [-0.05, 0) is 36.6 Å². The Labute approximate surface area is 192 Å². The molecule has 176 valence electrons. The fourth-order valence-corrected chi connectivity index (χ4v) is 3.17. The number of hydrogen-bond donors (Lipinski definition) is 2. The van der Waals surface area contributed by atoms with E-state index in [1.165, 1.54) is 0 Å². The summed E-state index contributed by atoms with van der Waals surface area (Å²) >= 11 is 5.96. The lowest BCUT2D eigenvalue weighted by Crippen LogP contribution is -2.41. The van der Waals surface area contributed by atoms with Gasteiger partial charge in [-0.1, -0.05) is 18.2 Å². The number of carbonyl (C=O) groups is 2. The summed E-state index contributed by atoms with van der Waals surface area (Å²) in [6, 6.07) is 5.24. The summed E-state index contributed by atoms with van der Waals surface area (Å²) in [4.78, 5) is 30.5. The molecule has 12 heteroatoms. The van der Waals surface area contributed by atoms with Gasteiger partial charge in [-0.15, -0.1) is 0 Å². The molecule has 0 radical (unpaired) electrons. The first kappa shape index (κ1) is 24.3. The third-order valence-electron chi connectivity index (χ3n) is 4.55. The third kappa shape index (κ3) is 7.07. The van der Waals surface area contributed by atoms with E-state index in [-0.39, 0.29) is 24.6 Å². The number of nitrogens with zero attached hydrogens (tertiary/aromatic N) is 2. The monoisotopic (exact) mass is 484 g/mol. The number of alkyl halides is 3. The second-order valence-electron chi connectivity index (χ2n) is 7.12. The second-order valence-corrected chi connectivity index (χ2v) is 7.56. The van der Waals surface area contributed by atoms with Gasteiger partial charge in [0.25, 0.3) is 11.8 Å². The molecule has 0 unspecified atom stereocenters. The van der Waals surface area contributed by atoms with E-state index in [1.54, 1.807) is 12.1 Å². The molecule has 2 amide bonds. The SMILES string of the molecule is C=C(CCNC(=O)[C@H]1CCc2cc(Cl)ccc2O1)NC(=O)COc1cnc(C(F)(F)F)nc1. The fraction of sp³-hybridized carbons (Fsp3) is 0.333. The van der Waals surface area contributed by atoms with Crippen LogP contribution in [0.3, 0.4) is 0 Å². The van der Waals surface area contributed by atoms with Gasteiger partial charge in [-0.25, -0.2) is 9.97 Å². The number of nitrogens with one attached hydrogen (secondary N) is 2. The van der Waals surface area contributed by atoms with Crippen LogP contribution in [0.1, 0.15) is 24.2 Å². The van der Waals surface area contributed by atoms with Crippen LogP contribution >= 0.6 is 11.6 Å². The zero-order chi connectivity index (χ0) is 24.0. The summed E-state index contributed by atoms with van der Waals surface area (Å²) in [6.45, 7) is 3.45. The minimum absolute atomic E-state index is 0.0904. The quantitative estimate of drug-likeness (QED) is 0.597. The molecule has 1 aromatic carbocycles. The zero-order valence-corrected chi connectivity index (χ0v) is 18.0. The van der Waals surface area contributed by atoms with Crippen LogP contribution in [0.25, 0.3) is 0 Å². The molecule has 0 bridgehead atoms. The van der Waals surface area contributed by atoms with E-state index in [2.05, 4.69) is 27.2 Å². The summed E-state index contributed by atoms with van der Waals surface area (Å²) in [7, 11) is 0. The van der Waals surface area contributed by atoms with Gasteiger partial charge in [0, 0.05) is 23.7 Å². The minimum Gasteiger partial charge on any atom is -0.481 e. The maximum atomic E-state index is 12.4. The summed E-state index contributed by atoms with van der Waals surface area (Å²) < 4.78 is 48.1. The number of hydrogen-bond acceptors (Lipinski definition) is 6. The van der Waals surface area contributed by atoms with Crippen LogP contribution in [0.2, 0.25) is 5.02 Å². The van der Waals surface area contributed by atoms with Gasteiger partial charge in [-0.2, -0.15) is 13.2 Å². The summed E-state index contributed by atoms with van der Waals surface area (Å²) in [5.41, 5.74) is 1.28. The van der Waals surface area contributed by atoms with Gasteiger partial charge in [-0.3, -0.25) is 9.59 Å². The van der Waals surface area contributed by atoms with Crippen molar-refractivity contribution < 1.29 is 32.2 Å². The Kier molecular flexibility index (Phi) is 7.75. The number of aromatic nitrogens is 2. The number of halogens is 4. The molecule has 1 aromatic heterocycles. The van der Waals surface area contributed by atoms with Crippen molar-refractivity contribution in [3.8, 4) is 11.5 Å². The van der Waals surface area contributed by atoms with Gasteiger partial charge in [0.2, 0.25) is 5.82 Å². The lowest BCUT2D eigenvalue weighted by atomic mass is 10.0. The lowest BCUT2D eigenvalue weighted by Gasteiger charge is -2.25. The predicted molar refractivity (Wildman–Crippen MR) is 112 cm³/mol. The normalized spacial score (nSPS) is 15.1. The molecule has 3 rings (SSSR count). The fourth-order valence-electron chi connectivity index (χ4n) is 2.97. The molecular weight excluding hydrogens is 465 g/mol. The highest BCUT2D eigenvalue weighted by molar-refractivity contribution is 6.30. The number of fused-ring (bicyclic) bond motifs is 1. The number of rotatable bonds is 8. The van der Waals surface area contributed by atoms with Crippen LogP contribution in [0.5, 0.6) is 11.5 Å². The first-order valence-electron chi connectivity index (χ1n) is 9.84. The Morgan fingerprint density at radius 1 is 1.27 bits per heavy atom. The topological polar surface area (TPSA) is 102 Å². The molecule has 0 spiro atoms. The third-order valence-corrected chi connectivity index (χ3v) is 4.79. The van der Waals surface area contributed by atoms with Gasteiger partial charge in [0.1, 0.15) is 5.75 Å². The molecule has 1 aliphatic heterocycles. The van der Waals surface area contributed by atoms with Crippen LogP contribution in [-0.4, -0.2) is 41.0 Å². The maximum Gasteiger partial charge on any atom is 0.451 e. The lowest BCUT2D eigenvalue weighted by molar-refractivity contribution is -0.145. The highest BCUT2D eigenvalue weighted by atomic mass is 35.5. The largest absolute Gasteiger partial charge is 0.481 e. The van der Waals surface area contributed by atoms with Crippen LogP contribution in [0.15, 0.2) is 42.9 Å². The Morgan fingerprint density at radius 2 is 2.00 bits per heavy atom. The van der Waals surface area contributed by atoms with Gasteiger partial charge < -0.3 is 20.1 Å². The Balaban J connectivity index is 1.35. The minimum atomic E-state index is -4.66. The molecule has 1 atom stereocenters. The predicted octanol–water partition coefficient (Wildman–Crippen LogP) is 3.06. The average molecular weight is 485 g/mol. The maximum absolute atomic E-state index is 12.4. The summed E-state index contributed by atoms with van der Waals surface area (Å²) in [5.74, 6) is -1.62. The first-order valence-corrected chi connectivity index (χ1v) is 10.2. The van der Waals surface area contributed by atoms with Crippen molar-refractivity contribution in [1.29, 1.82) is 0 Å². The molecule has 1 aliphatic rings. The van der Waals surface area contributed by atoms with Gasteiger partial charge in [0.05, 0.1) is 12.4 Å². The Bertz CT molecular complexity index is 1030. The van der Waals surface area contributed by atoms with Crippen molar-refractivity contribution >= 4 is 23.4 Å². The van der Waals surface area contributed by atoms with Gasteiger partial charge in [0.15, 0.2) is 18.5 Å². The number of ether oxygens (including phenoxy) is 2. The second kappa shape index (κ2) is 10.5. The molecule has 8 nitrogen and oxygen atoms in total. The van der Waals surface area contributed by atoms with E-state index in [4.69, 9.17) is 21.1 Å². The zero-order valence-electron chi connectivity index (χ0n) is 17.2. The van der Waals surface area contributed by atoms with Crippen molar-refractivity contribution in [2.75, 3.05) is 13.2 Å². The summed E-state index contributed by atoms with van der Waals surface area (Å²) in [5, 5.41) is 5.83. The standard InChI is InChI=1S/C21H20ClF3N4O4/c1-12(29-18(30)11-32-15-9-27-20(28-10-15)21(23,24)25)6-7-26-19(31)17-4-2-13-8-14(22)3-5-16(13)33-17/h3,5,8-10,17H,1-2,4,6-7,11H2,(H,26,31)(H,29,30)/t17-/m1/s1. The van der Waals surface area contributed by atoms with Crippen molar-refractivity contribution in [1.82, 2.24) is 20.6 Å². The first-order chi connectivity index (χ1) is 15.6. The smallest absolute Gasteiger partial charge is 0.451 e. The molecule has 0 saturated carbocycles. The molecule has 0 aliphatic carbocycles. The molecule has 0 saturated heterocycles. The number of benzene rings is 1. The highest BCUT2D eigenvalue weighted by Gasteiger charge is 2.34. The van der Waals surface area contributed by atoms with Crippen LogP contribution in [0.4, 0.5) is 13.2 Å². The van der Waals surface area contributed by atoms with Gasteiger partial charge >= 0.3 is 6.18 Å². The van der Waals surface area contributed by atoms with Crippen LogP contribution < -0.4 is 20.1 Å². The van der Waals surface area contributed by atoms with E-state index in [9.17, 15) is 22.8 Å². The van der Waals surface area contributed by atoms with Crippen LogP contribution in [-0.2, 0) is 22.2 Å². The van der Waals surface area contributed by atoms with Crippen molar-refractivity contribution in [3.63, 3.8) is 0 Å². The van der Waals surface area contributed by atoms with Crippen LogP contribution in [0, 0.1) is 0 Å². The Morgan fingerprint density at radius 3 is 2.70 bits per heavy atom. The molecule has 0 fully saturated rings. The van der Waals surface area contributed by atoms with Crippen molar-refractivity contribution in [2.45, 2.75) is 31.5 Å². The highest BCUT2D eigenvalue weighted by Crippen LogP contribution is 2.30. The van der Waals surface area contributed by atoms with Crippen molar-refractivity contribution in [3.05, 3.63) is 59.3 Å². The van der Waals surface area contributed by atoms with E-state index < -0.39 is 30.6 Å². The number of aryl methyl sites for hydroxylation is 1. The molecule has 33 heavy (non-hydrogen) atoms.